The number of anilines is 1. The lowest BCUT2D eigenvalue weighted by molar-refractivity contribution is -0.119. The maximum absolute atomic E-state index is 12.2. The van der Waals surface area contributed by atoms with Gasteiger partial charge < -0.3 is 10.2 Å². The van der Waals surface area contributed by atoms with Gasteiger partial charge in [0.15, 0.2) is 11.1 Å². The van der Waals surface area contributed by atoms with Crippen LogP contribution < -0.4 is 10.2 Å². The Bertz CT molecular complexity index is 1300. The maximum atomic E-state index is 12.2. The third kappa shape index (κ3) is 3.85. The van der Waals surface area contributed by atoms with Crippen LogP contribution in [0, 0.1) is 5.92 Å². The number of nitrogens with one attached hydrogen (secondary N) is 2. The number of benzene rings is 1. The highest BCUT2D eigenvalue weighted by Gasteiger charge is 2.29. The normalized spacial score (nSPS) is 14.9. The Morgan fingerprint density at radius 2 is 2.03 bits per heavy atom. The van der Waals surface area contributed by atoms with Gasteiger partial charge in [-0.3, -0.25) is 9.52 Å². The van der Waals surface area contributed by atoms with Crippen molar-refractivity contribution in [1.29, 1.82) is 0 Å². The molecule has 2 aromatic heterocycles. The highest BCUT2D eigenvalue weighted by Crippen LogP contribution is 2.31. The number of pyridine rings is 1. The summed E-state index contributed by atoms with van der Waals surface area (Å²) in [6.45, 7) is 3.55. The molecule has 0 saturated heterocycles. The third-order valence-electron chi connectivity index (χ3n) is 5.31. The highest BCUT2D eigenvalue weighted by atomic mass is 32.2. The molecule has 4 rings (SSSR count). The molecule has 3 aromatic rings. The molecule has 1 aromatic carbocycles. The molecule has 158 valence electrons. The number of amides is 1. The second-order valence-electron chi connectivity index (χ2n) is 7.42. The molecule has 0 spiro atoms. The minimum atomic E-state index is -3.38. The van der Waals surface area contributed by atoms with Crippen LogP contribution in [-0.4, -0.2) is 35.0 Å². The summed E-state index contributed by atoms with van der Waals surface area (Å²) >= 11 is 0. The lowest BCUT2D eigenvalue weighted by atomic mass is 9.99. The fourth-order valence-corrected chi connectivity index (χ4v) is 4.06. The number of nitrogens with zero attached hydrogens (tertiary/aromatic N) is 2. The molecular formula is C21H24N4O4S. The molecule has 3 N–H and O–H groups in total. The Morgan fingerprint density at radius 1 is 1.27 bits per heavy atom. The van der Waals surface area contributed by atoms with E-state index in [-0.39, 0.29) is 23.1 Å². The molecule has 1 fully saturated rings. The van der Waals surface area contributed by atoms with Crippen LogP contribution in [0.3, 0.4) is 0 Å². The van der Waals surface area contributed by atoms with E-state index in [0.717, 1.165) is 39.6 Å². The number of aromatic amines is 1. The van der Waals surface area contributed by atoms with Gasteiger partial charge in [-0.05, 0) is 67.1 Å². The Labute approximate surface area is 174 Å². The van der Waals surface area contributed by atoms with Crippen LogP contribution >= 0.6 is 0 Å². The first-order valence-electron chi connectivity index (χ1n) is 9.97. The van der Waals surface area contributed by atoms with Crippen molar-refractivity contribution in [2.24, 2.45) is 10.9 Å². The molecule has 0 bridgehead atoms. The van der Waals surface area contributed by atoms with Crippen molar-refractivity contribution < 1.29 is 18.4 Å². The Morgan fingerprint density at radius 3 is 2.70 bits per heavy atom. The second kappa shape index (κ2) is 7.64. The fraction of sp³-hybridized carbons (Fsp3) is 0.333. The van der Waals surface area contributed by atoms with Gasteiger partial charge in [0.1, 0.15) is 0 Å². The minimum Gasteiger partial charge on any atom is -0.425 e. The summed E-state index contributed by atoms with van der Waals surface area (Å²) in [5, 5.41) is 11.3. The van der Waals surface area contributed by atoms with Gasteiger partial charge in [-0.25, -0.2) is 8.42 Å². The van der Waals surface area contributed by atoms with Gasteiger partial charge in [-0.2, -0.15) is 9.72 Å². The molecule has 1 aliphatic carbocycles. The highest BCUT2D eigenvalue weighted by molar-refractivity contribution is 7.92. The molecular weight excluding hydrogens is 404 g/mol. The van der Waals surface area contributed by atoms with Crippen molar-refractivity contribution in [2.75, 3.05) is 10.5 Å². The summed E-state index contributed by atoms with van der Waals surface area (Å²) in [5.74, 6) is -0.282. The van der Waals surface area contributed by atoms with E-state index < -0.39 is 10.0 Å². The Kier molecular flexibility index (Phi) is 5.15. The van der Waals surface area contributed by atoms with Gasteiger partial charge in [0.2, 0.25) is 10.0 Å². The largest absolute Gasteiger partial charge is 0.425 e. The van der Waals surface area contributed by atoms with E-state index in [1.807, 2.05) is 25.1 Å². The number of H-pyrrole nitrogens is 1. The molecule has 0 unspecified atom stereocenters. The van der Waals surface area contributed by atoms with Gasteiger partial charge in [0.25, 0.3) is 5.91 Å². The number of carbonyl (C=O) groups excluding carboxylic acids is 1. The number of aryl methyl sites for hydroxylation is 1. The van der Waals surface area contributed by atoms with Crippen molar-refractivity contribution in [2.45, 2.75) is 33.1 Å². The van der Waals surface area contributed by atoms with Crippen LogP contribution in [0.2, 0.25) is 0 Å². The van der Waals surface area contributed by atoms with Crippen LogP contribution in [0.4, 0.5) is 5.69 Å². The van der Waals surface area contributed by atoms with Gasteiger partial charge >= 0.3 is 0 Å². The Hall–Kier alpha value is -3.07. The number of sulfonamides is 1. The zero-order valence-corrected chi connectivity index (χ0v) is 17.7. The smallest absolute Gasteiger partial charge is 0.250 e. The standard InChI is InChI=1S/C21H24N4O4S/c1-3-13-11-15(7-8-18(13)24-30(28,29)4-2)17-12-19(23-21(26)14-5-6-14)25(27)20-16(17)9-10-22-20/h7-12,14,22,24,27H,3-6H2,1-2H3. The number of hydrogen-bond acceptors (Lipinski definition) is 4. The Balaban J connectivity index is 1.86. The number of hydrogen-bond donors (Lipinski definition) is 3. The van der Waals surface area contributed by atoms with Crippen molar-refractivity contribution in [1.82, 2.24) is 9.71 Å². The number of fused-ring (bicyclic) bond motifs is 1. The number of aromatic nitrogens is 2. The molecule has 1 amide bonds. The quantitative estimate of drug-likeness (QED) is 0.523. The molecule has 1 aliphatic rings. The van der Waals surface area contributed by atoms with Crippen LogP contribution in [0.15, 0.2) is 41.5 Å². The van der Waals surface area contributed by atoms with Crippen molar-refractivity contribution in [3.63, 3.8) is 0 Å². The summed E-state index contributed by atoms with van der Waals surface area (Å²) < 4.78 is 27.5. The maximum Gasteiger partial charge on any atom is 0.250 e. The number of carbonyl (C=O) groups is 1. The van der Waals surface area contributed by atoms with Gasteiger partial charge in [0.05, 0.1) is 11.4 Å². The molecule has 9 heteroatoms. The van der Waals surface area contributed by atoms with E-state index in [2.05, 4.69) is 14.7 Å². The first kappa shape index (κ1) is 20.2. The molecule has 0 aliphatic heterocycles. The monoisotopic (exact) mass is 428 g/mol. The summed E-state index contributed by atoms with van der Waals surface area (Å²) in [6.07, 6.45) is 4.01. The molecule has 2 heterocycles. The van der Waals surface area contributed by atoms with Gasteiger partial charge in [-0.1, -0.05) is 13.0 Å². The van der Waals surface area contributed by atoms with E-state index >= 15 is 0 Å². The van der Waals surface area contributed by atoms with Crippen LogP contribution in [0.5, 0.6) is 0 Å². The molecule has 1 saturated carbocycles. The summed E-state index contributed by atoms with van der Waals surface area (Å²) in [7, 11) is -3.38. The number of rotatable bonds is 6. The summed E-state index contributed by atoms with van der Waals surface area (Å²) in [6, 6.07) is 9.00. The lowest BCUT2D eigenvalue weighted by Gasteiger charge is -2.14. The second-order valence-corrected chi connectivity index (χ2v) is 9.43. The molecule has 8 nitrogen and oxygen atoms in total. The van der Waals surface area contributed by atoms with Crippen molar-refractivity contribution >= 4 is 32.7 Å². The fourth-order valence-electron chi connectivity index (χ4n) is 3.38. The van der Waals surface area contributed by atoms with E-state index in [9.17, 15) is 18.4 Å². The summed E-state index contributed by atoms with van der Waals surface area (Å²) in [5.41, 5.74) is 3.62. The zero-order chi connectivity index (χ0) is 21.5. The lowest BCUT2D eigenvalue weighted by Crippen LogP contribution is -2.22. The summed E-state index contributed by atoms with van der Waals surface area (Å²) in [4.78, 5) is 19.3. The predicted molar refractivity (Wildman–Crippen MR) is 115 cm³/mol. The SMILES string of the molecule is CCc1cc(-c2cc(=NC(=O)C3CC3)n(O)c3[nH]ccc23)ccc1NS(=O)(=O)CC. The van der Waals surface area contributed by atoms with E-state index in [1.54, 1.807) is 25.3 Å². The van der Waals surface area contributed by atoms with Crippen molar-refractivity contribution in [3.8, 4) is 11.1 Å². The zero-order valence-electron chi connectivity index (χ0n) is 16.8. The van der Waals surface area contributed by atoms with E-state index in [1.165, 1.54) is 0 Å². The van der Waals surface area contributed by atoms with E-state index in [4.69, 9.17) is 0 Å². The van der Waals surface area contributed by atoms with Crippen molar-refractivity contribution in [3.05, 3.63) is 47.6 Å². The predicted octanol–water partition coefficient (Wildman–Crippen LogP) is 3.04. The van der Waals surface area contributed by atoms with E-state index in [0.29, 0.717) is 17.8 Å². The third-order valence-corrected chi connectivity index (χ3v) is 6.60. The van der Waals surface area contributed by atoms with Gasteiger partial charge in [0, 0.05) is 17.5 Å². The molecule has 0 atom stereocenters. The first-order chi connectivity index (χ1) is 14.3. The minimum absolute atomic E-state index is 0.00303. The topological polar surface area (TPSA) is 117 Å². The van der Waals surface area contributed by atoms with Crippen LogP contribution in [-0.2, 0) is 21.2 Å². The first-order valence-corrected chi connectivity index (χ1v) is 11.6. The van der Waals surface area contributed by atoms with Gasteiger partial charge in [-0.15, -0.1) is 0 Å². The van der Waals surface area contributed by atoms with Crippen LogP contribution in [0.25, 0.3) is 22.2 Å². The average molecular weight is 429 g/mol. The molecule has 0 radical (unpaired) electrons. The molecule has 30 heavy (non-hydrogen) atoms. The van der Waals surface area contributed by atoms with Crippen LogP contribution in [0.1, 0.15) is 32.3 Å². The average Bonchev–Trinajstić information content (AvgIpc) is 3.47.